The lowest BCUT2D eigenvalue weighted by atomic mass is 9.93. The van der Waals surface area contributed by atoms with Gasteiger partial charge in [-0.25, -0.2) is 0 Å². The van der Waals surface area contributed by atoms with Gasteiger partial charge in [0.05, 0.1) is 0 Å². The third-order valence-electron chi connectivity index (χ3n) is 4.37. The van der Waals surface area contributed by atoms with Crippen LogP contribution in [-0.2, 0) is 11.3 Å². The highest BCUT2D eigenvalue weighted by atomic mass is 35.5. The van der Waals surface area contributed by atoms with Crippen molar-refractivity contribution in [1.29, 1.82) is 0 Å². The largest absolute Gasteiger partial charge is 0.352 e. The number of carbonyl (C=O) groups is 1. The monoisotopic (exact) mass is 324 g/mol. The van der Waals surface area contributed by atoms with Crippen LogP contribution in [-0.4, -0.2) is 19.0 Å². The summed E-state index contributed by atoms with van der Waals surface area (Å²) in [6.07, 6.45) is 4.11. The number of hydrogen-bond donors (Lipinski definition) is 2. The summed E-state index contributed by atoms with van der Waals surface area (Å²) in [4.78, 5) is 11.9. The molecule has 0 atom stereocenters. The molecule has 1 fully saturated rings. The maximum Gasteiger partial charge on any atom is 0.220 e. The molecule has 1 aromatic rings. The maximum absolute atomic E-state index is 11.9. The molecule has 1 aromatic carbocycles. The third-order valence-corrected chi connectivity index (χ3v) is 4.37. The first-order chi connectivity index (χ1) is 10.1. The molecule has 0 bridgehead atoms. The van der Waals surface area contributed by atoms with Crippen LogP contribution in [0.1, 0.15) is 56.6 Å². The van der Waals surface area contributed by atoms with Crippen LogP contribution in [0.3, 0.4) is 0 Å². The van der Waals surface area contributed by atoms with Gasteiger partial charge in [-0.1, -0.05) is 38.1 Å². The Bertz CT molecular complexity index is 439. The van der Waals surface area contributed by atoms with Crippen LogP contribution >= 0.6 is 12.4 Å². The van der Waals surface area contributed by atoms with E-state index in [0.717, 1.165) is 25.4 Å². The quantitative estimate of drug-likeness (QED) is 0.839. The van der Waals surface area contributed by atoms with E-state index in [0.29, 0.717) is 18.9 Å². The first kappa shape index (κ1) is 19.0. The van der Waals surface area contributed by atoms with Crippen LogP contribution in [0.5, 0.6) is 0 Å². The van der Waals surface area contributed by atoms with E-state index in [1.54, 1.807) is 0 Å². The van der Waals surface area contributed by atoms with Crippen molar-refractivity contribution >= 4 is 18.3 Å². The lowest BCUT2D eigenvalue weighted by Gasteiger charge is -2.22. The Labute approximate surface area is 140 Å². The fourth-order valence-corrected chi connectivity index (χ4v) is 2.82. The summed E-state index contributed by atoms with van der Waals surface area (Å²) >= 11 is 0. The van der Waals surface area contributed by atoms with Crippen molar-refractivity contribution in [1.82, 2.24) is 10.6 Å². The summed E-state index contributed by atoms with van der Waals surface area (Å²) < 4.78 is 0. The molecule has 4 heteroatoms. The van der Waals surface area contributed by atoms with E-state index < -0.39 is 0 Å². The van der Waals surface area contributed by atoms with Crippen molar-refractivity contribution in [3.05, 3.63) is 35.4 Å². The highest BCUT2D eigenvalue weighted by Crippen LogP contribution is 2.18. The van der Waals surface area contributed by atoms with Crippen molar-refractivity contribution in [3.8, 4) is 0 Å². The first-order valence-corrected chi connectivity index (χ1v) is 8.21. The van der Waals surface area contributed by atoms with E-state index in [-0.39, 0.29) is 18.3 Å². The van der Waals surface area contributed by atoms with Crippen LogP contribution in [0.4, 0.5) is 0 Å². The maximum atomic E-state index is 11.9. The van der Waals surface area contributed by atoms with E-state index in [1.807, 2.05) is 0 Å². The van der Waals surface area contributed by atoms with Gasteiger partial charge in [0.15, 0.2) is 0 Å². The van der Waals surface area contributed by atoms with Crippen molar-refractivity contribution in [2.75, 3.05) is 13.1 Å². The van der Waals surface area contributed by atoms with E-state index >= 15 is 0 Å². The van der Waals surface area contributed by atoms with Crippen LogP contribution in [0.2, 0.25) is 0 Å². The van der Waals surface area contributed by atoms with E-state index in [9.17, 15) is 4.79 Å². The minimum atomic E-state index is 0. The minimum Gasteiger partial charge on any atom is -0.352 e. The van der Waals surface area contributed by atoms with Crippen molar-refractivity contribution in [2.45, 2.75) is 52.0 Å². The molecule has 1 aliphatic heterocycles. The fourth-order valence-electron chi connectivity index (χ4n) is 2.82. The lowest BCUT2D eigenvalue weighted by Crippen LogP contribution is -2.29. The van der Waals surface area contributed by atoms with Crippen LogP contribution in [0, 0.1) is 5.92 Å². The number of hydrogen-bond acceptors (Lipinski definition) is 2. The third kappa shape index (κ3) is 6.37. The summed E-state index contributed by atoms with van der Waals surface area (Å²) in [7, 11) is 0. The van der Waals surface area contributed by atoms with E-state index in [2.05, 4.69) is 48.7 Å². The topological polar surface area (TPSA) is 41.1 Å². The second-order valence-electron chi connectivity index (χ2n) is 6.41. The fraction of sp³-hybridized carbons (Fsp3) is 0.611. The number of amides is 1. The van der Waals surface area contributed by atoms with Gasteiger partial charge in [-0.3, -0.25) is 4.79 Å². The van der Waals surface area contributed by atoms with Gasteiger partial charge in [-0.05, 0) is 55.3 Å². The van der Waals surface area contributed by atoms with Crippen LogP contribution in [0.25, 0.3) is 0 Å². The lowest BCUT2D eigenvalue weighted by molar-refractivity contribution is -0.121. The average molecular weight is 325 g/mol. The van der Waals surface area contributed by atoms with Gasteiger partial charge in [0.1, 0.15) is 0 Å². The molecule has 1 amide bonds. The van der Waals surface area contributed by atoms with Crippen LogP contribution in [0.15, 0.2) is 24.3 Å². The highest BCUT2D eigenvalue weighted by Gasteiger charge is 2.14. The summed E-state index contributed by atoms with van der Waals surface area (Å²) in [5.41, 5.74) is 2.52. The predicted molar refractivity (Wildman–Crippen MR) is 94.5 cm³/mol. The molecule has 22 heavy (non-hydrogen) atoms. The molecule has 3 nitrogen and oxygen atoms in total. The molecule has 2 rings (SSSR count). The predicted octanol–water partition coefficient (Wildman–Crippen LogP) is 3.63. The van der Waals surface area contributed by atoms with Gasteiger partial charge in [0.25, 0.3) is 0 Å². The molecule has 0 radical (unpaired) electrons. The molecule has 0 spiro atoms. The molecule has 0 unspecified atom stereocenters. The van der Waals surface area contributed by atoms with Gasteiger partial charge in [-0.15, -0.1) is 12.4 Å². The number of piperidine rings is 1. The molecule has 2 N–H and O–H groups in total. The van der Waals surface area contributed by atoms with Crippen molar-refractivity contribution in [2.24, 2.45) is 5.92 Å². The Kier molecular flexibility index (Phi) is 8.51. The van der Waals surface area contributed by atoms with Crippen molar-refractivity contribution < 1.29 is 4.79 Å². The van der Waals surface area contributed by atoms with Crippen molar-refractivity contribution in [3.63, 3.8) is 0 Å². The van der Waals surface area contributed by atoms with E-state index in [1.165, 1.54) is 24.0 Å². The number of benzene rings is 1. The SMILES string of the molecule is CC(C)c1ccc(CNC(=O)CCC2CCNCC2)cc1.Cl. The zero-order chi connectivity index (χ0) is 15.1. The average Bonchev–Trinajstić information content (AvgIpc) is 2.52. The summed E-state index contributed by atoms with van der Waals surface area (Å²) in [5.74, 6) is 1.46. The second kappa shape index (κ2) is 9.86. The Hall–Kier alpha value is -1.06. The second-order valence-corrected chi connectivity index (χ2v) is 6.41. The Morgan fingerprint density at radius 2 is 1.86 bits per heavy atom. The molecule has 0 aromatic heterocycles. The zero-order valence-electron chi connectivity index (χ0n) is 13.7. The normalized spacial score (nSPS) is 15.4. The summed E-state index contributed by atoms with van der Waals surface area (Å²) in [5, 5.41) is 6.39. The zero-order valence-corrected chi connectivity index (χ0v) is 14.5. The molecule has 124 valence electrons. The molecular weight excluding hydrogens is 296 g/mol. The standard InChI is InChI=1S/C18H28N2O.ClH/c1-14(2)17-6-3-16(4-7-17)13-20-18(21)8-5-15-9-11-19-12-10-15;/h3-4,6-7,14-15,19H,5,8-13H2,1-2H3,(H,20,21);1H. The molecule has 0 aliphatic carbocycles. The van der Waals surface area contributed by atoms with Gasteiger partial charge < -0.3 is 10.6 Å². The molecular formula is C18H29ClN2O. The molecule has 1 heterocycles. The summed E-state index contributed by atoms with van der Waals surface area (Å²) in [6, 6.07) is 8.53. The van der Waals surface area contributed by atoms with Gasteiger partial charge in [-0.2, -0.15) is 0 Å². The first-order valence-electron chi connectivity index (χ1n) is 8.21. The Balaban J connectivity index is 0.00000242. The highest BCUT2D eigenvalue weighted by molar-refractivity contribution is 5.85. The smallest absolute Gasteiger partial charge is 0.220 e. The number of rotatable bonds is 6. The molecule has 1 aliphatic rings. The Morgan fingerprint density at radius 1 is 1.23 bits per heavy atom. The molecule has 1 saturated heterocycles. The van der Waals surface area contributed by atoms with Gasteiger partial charge in [0, 0.05) is 13.0 Å². The van der Waals surface area contributed by atoms with E-state index in [4.69, 9.17) is 0 Å². The van der Waals surface area contributed by atoms with Gasteiger partial charge in [0.2, 0.25) is 5.91 Å². The van der Waals surface area contributed by atoms with Crippen LogP contribution < -0.4 is 10.6 Å². The number of carbonyl (C=O) groups excluding carboxylic acids is 1. The summed E-state index contributed by atoms with van der Waals surface area (Å²) in [6.45, 7) is 7.24. The minimum absolute atomic E-state index is 0. The Morgan fingerprint density at radius 3 is 2.45 bits per heavy atom. The number of halogens is 1. The molecule has 0 saturated carbocycles. The van der Waals surface area contributed by atoms with Gasteiger partial charge >= 0.3 is 0 Å². The number of nitrogens with one attached hydrogen (secondary N) is 2.